The molecule has 0 saturated carbocycles. The summed E-state index contributed by atoms with van der Waals surface area (Å²) in [7, 11) is -3.79. The lowest BCUT2D eigenvalue weighted by Gasteiger charge is -2.14. The molecule has 2 N–H and O–H groups in total. The zero-order valence-electron chi connectivity index (χ0n) is 11.6. The summed E-state index contributed by atoms with van der Waals surface area (Å²) in [6.07, 6.45) is 0. The Morgan fingerprint density at radius 3 is 2.41 bits per heavy atom. The molecule has 1 atom stereocenters. The van der Waals surface area contributed by atoms with E-state index < -0.39 is 21.1 Å². The molecule has 0 aliphatic carbocycles. The summed E-state index contributed by atoms with van der Waals surface area (Å²) in [6.45, 7) is 1.73. The summed E-state index contributed by atoms with van der Waals surface area (Å²) in [5, 5.41) is 5.57. The highest BCUT2D eigenvalue weighted by atomic mass is 35.5. The van der Waals surface area contributed by atoms with E-state index in [9.17, 15) is 17.2 Å². The lowest BCUT2D eigenvalue weighted by molar-refractivity contribution is 0.536. The average Bonchev–Trinajstić information content (AvgIpc) is 2.39. The maximum absolute atomic E-state index is 11.4. The Morgan fingerprint density at radius 1 is 1.18 bits per heavy atom. The Morgan fingerprint density at radius 2 is 1.86 bits per heavy atom. The van der Waals surface area contributed by atoms with E-state index in [2.05, 4.69) is 0 Å². The Balaban J connectivity index is 2.61. The Bertz CT molecular complexity index is 850. The SMILES string of the molecule is Cc1cc(S(N)(=O)=O)ccc1-c1cc(Cl)ccc1CS(=O)[O-]. The molecular formula is C14H13ClNO4S2-. The van der Waals surface area contributed by atoms with Crippen molar-refractivity contribution >= 4 is 32.7 Å². The third-order valence-corrected chi connectivity index (χ3v) is 4.85. The lowest BCUT2D eigenvalue weighted by Crippen LogP contribution is -2.12. The van der Waals surface area contributed by atoms with Crippen LogP contribution in [0.4, 0.5) is 0 Å². The average molecular weight is 359 g/mol. The van der Waals surface area contributed by atoms with Gasteiger partial charge in [-0.15, -0.1) is 0 Å². The highest BCUT2D eigenvalue weighted by molar-refractivity contribution is 7.89. The molecule has 0 heterocycles. The van der Waals surface area contributed by atoms with Gasteiger partial charge in [0.1, 0.15) is 0 Å². The fourth-order valence-electron chi connectivity index (χ4n) is 2.17. The van der Waals surface area contributed by atoms with Crippen molar-refractivity contribution in [1.29, 1.82) is 0 Å². The van der Waals surface area contributed by atoms with Gasteiger partial charge < -0.3 is 4.55 Å². The van der Waals surface area contributed by atoms with Gasteiger partial charge in [-0.2, -0.15) is 0 Å². The largest absolute Gasteiger partial charge is 0.772 e. The molecule has 2 aromatic rings. The normalized spacial score (nSPS) is 13.1. The van der Waals surface area contributed by atoms with Crippen molar-refractivity contribution in [3.05, 3.63) is 52.5 Å². The maximum Gasteiger partial charge on any atom is 0.238 e. The molecule has 118 valence electrons. The molecule has 2 aromatic carbocycles. The number of hydrogen-bond acceptors (Lipinski definition) is 4. The standard InChI is InChI=1S/C14H14ClNO4S2/c1-9-6-12(22(16,19)20)4-5-13(9)14-7-11(15)3-2-10(14)8-21(17)18/h2-7H,8H2,1H3,(H,17,18)(H2,16,19,20)/p-1. The molecule has 0 spiro atoms. The highest BCUT2D eigenvalue weighted by Gasteiger charge is 2.13. The summed E-state index contributed by atoms with van der Waals surface area (Å²) in [6, 6.07) is 9.34. The smallest absolute Gasteiger partial charge is 0.238 e. The van der Waals surface area contributed by atoms with Gasteiger partial charge in [-0.25, -0.2) is 13.6 Å². The third kappa shape index (κ3) is 3.93. The number of hydrogen-bond donors (Lipinski definition) is 1. The van der Waals surface area contributed by atoms with Crippen molar-refractivity contribution in [2.24, 2.45) is 5.14 Å². The Labute approximate surface area is 136 Å². The lowest BCUT2D eigenvalue weighted by atomic mass is 9.97. The van der Waals surface area contributed by atoms with E-state index in [1.165, 1.54) is 12.1 Å². The minimum atomic E-state index is -3.79. The van der Waals surface area contributed by atoms with Gasteiger partial charge in [0, 0.05) is 10.8 Å². The van der Waals surface area contributed by atoms with E-state index >= 15 is 0 Å². The molecule has 0 aromatic heterocycles. The van der Waals surface area contributed by atoms with Gasteiger partial charge in [0.25, 0.3) is 0 Å². The van der Waals surface area contributed by atoms with Crippen LogP contribution < -0.4 is 5.14 Å². The van der Waals surface area contributed by atoms with Gasteiger partial charge in [-0.05, 0) is 53.4 Å². The highest BCUT2D eigenvalue weighted by Crippen LogP contribution is 2.31. The Kier molecular flexibility index (Phi) is 5.03. The molecule has 5 nitrogen and oxygen atoms in total. The molecule has 1 unspecified atom stereocenters. The minimum Gasteiger partial charge on any atom is -0.772 e. The van der Waals surface area contributed by atoms with Crippen molar-refractivity contribution in [3.8, 4) is 11.1 Å². The van der Waals surface area contributed by atoms with Gasteiger partial charge in [0.05, 0.1) is 4.90 Å². The number of nitrogens with two attached hydrogens (primary N) is 1. The monoisotopic (exact) mass is 358 g/mol. The zero-order valence-corrected chi connectivity index (χ0v) is 14.0. The molecule has 2 rings (SSSR count). The van der Waals surface area contributed by atoms with E-state index in [4.69, 9.17) is 16.7 Å². The minimum absolute atomic E-state index is 0.00438. The van der Waals surface area contributed by atoms with E-state index in [0.717, 1.165) is 0 Å². The second kappa shape index (κ2) is 6.47. The second-order valence-corrected chi connectivity index (χ2v) is 7.67. The maximum atomic E-state index is 11.4. The molecule has 0 aliphatic rings. The molecule has 0 bridgehead atoms. The quantitative estimate of drug-likeness (QED) is 0.847. The fourth-order valence-corrected chi connectivity index (χ4v) is 3.44. The molecule has 22 heavy (non-hydrogen) atoms. The first-order valence-electron chi connectivity index (χ1n) is 6.16. The van der Waals surface area contributed by atoms with Gasteiger partial charge in [0.15, 0.2) is 0 Å². The van der Waals surface area contributed by atoms with Crippen LogP contribution >= 0.6 is 11.6 Å². The number of primary sulfonamides is 1. The van der Waals surface area contributed by atoms with E-state index in [1.807, 2.05) is 0 Å². The van der Waals surface area contributed by atoms with Crippen LogP contribution in [0.3, 0.4) is 0 Å². The molecule has 8 heteroatoms. The predicted molar refractivity (Wildman–Crippen MR) is 85.6 cm³/mol. The summed E-state index contributed by atoms with van der Waals surface area (Å²) >= 11 is 3.75. The summed E-state index contributed by atoms with van der Waals surface area (Å²) in [5.41, 5.74) is 2.60. The van der Waals surface area contributed by atoms with Gasteiger partial charge in [-0.3, -0.25) is 4.21 Å². The van der Waals surface area contributed by atoms with Crippen LogP contribution in [0, 0.1) is 6.92 Å². The van der Waals surface area contributed by atoms with Gasteiger partial charge in [-0.1, -0.05) is 34.8 Å². The topological polar surface area (TPSA) is 100 Å². The van der Waals surface area contributed by atoms with Crippen molar-refractivity contribution < 1.29 is 17.2 Å². The first kappa shape index (κ1) is 17.1. The van der Waals surface area contributed by atoms with Crippen LogP contribution in [0.25, 0.3) is 11.1 Å². The summed E-state index contributed by atoms with van der Waals surface area (Å²) in [5.74, 6) is -0.150. The molecule has 0 fully saturated rings. The van der Waals surface area contributed by atoms with Crippen LogP contribution in [0.15, 0.2) is 41.3 Å². The van der Waals surface area contributed by atoms with Crippen molar-refractivity contribution in [1.82, 2.24) is 0 Å². The van der Waals surface area contributed by atoms with E-state index in [0.29, 0.717) is 27.3 Å². The van der Waals surface area contributed by atoms with Gasteiger partial charge >= 0.3 is 0 Å². The van der Waals surface area contributed by atoms with Crippen LogP contribution in [0.1, 0.15) is 11.1 Å². The van der Waals surface area contributed by atoms with Crippen molar-refractivity contribution in [2.45, 2.75) is 17.6 Å². The first-order chi connectivity index (χ1) is 10.2. The number of rotatable bonds is 4. The molecule has 0 amide bonds. The first-order valence-corrected chi connectivity index (χ1v) is 9.33. The van der Waals surface area contributed by atoms with Gasteiger partial charge in [0.2, 0.25) is 10.0 Å². The predicted octanol–water partition coefficient (Wildman–Crippen LogP) is 2.34. The van der Waals surface area contributed by atoms with E-state index in [1.54, 1.807) is 31.2 Å². The van der Waals surface area contributed by atoms with E-state index in [-0.39, 0.29) is 10.6 Å². The summed E-state index contributed by atoms with van der Waals surface area (Å²) in [4.78, 5) is 0.00438. The molecule has 0 aliphatic heterocycles. The Hall–Kier alpha value is -1.25. The van der Waals surface area contributed by atoms with Crippen LogP contribution in [-0.2, 0) is 26.9 Å². The van der Waals surface area contributed by atoms with Crippen LogP contribution in [0.5, 0.6) is 0 Å². The number of sulfonamides is 1. The van der Waals surface area contributed by atoms with Crippen LogP contribution in [-0.4, -0.2) is 17.2 Å². The third-order valence-electron chi connectivity index (χ3n) is 3.16. The van der Waals surface area contributed by atoms with Crippen molar-refractivity contribution in [2.75, 3.05) is 0 Å². The van der Waals surface area contributed by atoms with Crippen molar-refractivity contribution in [3.63, 3.8) is 0 Å². The summed E-state index contributed by atoms with van der Waals surface area (Å²) < 4.78 is 44.7. The fraction of sp³-hybridized carbons (Fsp3) is 0.143. The van der Waals surface area contributed by atoms with Crippen LogP contribution in [0.2, 0.25) is 5.02 Å². The molecule has 0 saturated heterocycles. The molecule has 0 radical (unpaired) electrons. The number of aryl methyl sites for hydroxylation is 1. The number of benzene rings is 2. The second-order valence-electron chi connectivity index (χ2n) is 4.77. The zero-order chi connectivity index (χ0) is 16.5. The number of halogens is 1. The molecular weight excluding hydrogens is 346 g/mol.